The molecule has 2 amide bonds. The van der Waals surface area contributed by atoms with Crippen molar-refractivity contribution in [3.8, 4) is 5.75 Å². The number of benzene rings is 1. The number of carbonyl (C=O) groups is 2. The molecule has 0 radical (unpaired) electrons. The van der Waals surface area contributed by atoms with Crippen LogP contribution >= 0.6 is 0 Å². The van der Waals surface area contributed by atoms with Crippen LogP contribution in [0.3, 0.4) is 0 Å². The first-order valence-corrected chi connectivity index (χ1v) is 6.23. The van der Waals surface area contributed by atoms with Gasteiger partial charge in [-0.3, -0.25) is 10.1 Å². The Kier molecular flexibility index (Phi) is 5.37. The Bertz CT molecular complexity index is 480. The van der Waals surface area contributed by atoms with Gasteiger partial charge in [0, 0.05) is 18.8 Å². The van der Waals surface area contributed by atoms with E-state index in [1.807, 2.05) is 0 Å². The Morgan fingerprint density at radius 3 is 2.55 bits per heavy atom. The number of hydrogen-bond donors (Lipinski definition) is 2. The molecule has 110 valence electrons. The van der Waals surface area contributed by atoms with E-state index in [2.05, 4.69) is 10.6 Å². The fraction of sp³-hybridized carbons (Fsp3) is 0.429. The zero-order valence-corrected chi connectivity index (χ0v) is 12.1. The predicted octanol–water partition coefficient (Wildman–Crippen LogP) is 2.16. The van der Waals surface area contributed by atoms with Crippen LogP contribution in [0.1, 0.15) is 20.8 Å². The summed E-state index contributed by atoms with van der Waals surface area (Å²) in [5.41, 5.74) is -0.0223. The van der Waals surface area contributed by atoms with Gasteiger partial charge in [0.2, 0.25) is 0 Å². The quantitative estimate of drug-likeness (QED) is 0.886. The van der Waals surface area contributed by atoms with Gasteiger partial charge in [0.25, 0.3) is 5.91 Å². The molecule has 0 fully saturated rings. The average molecular weight is 280 g/mol. The third-order valence-corrected chi connectivity index (χ3v) is 2.13. The molecule has 1 aromatic carbocycles. The second-order valence-electron chi connectivity index (χ2n) is 5.12. The maximum Gasteiger partial charge on any atom is 0.412 e. The lowest BCUT2D eigenvalue weighted by Crippen LogP contribution is -2.27. The summed E-state index contributed by atoms with van der Waals surface area (Å²) in [6.45, 7) is 5.28. The van der Waals surface area contributed by atoms with E-state index in [-0.39, 0.29) is 12.5 Å². The molecule has 0 aliphatic carbocycles. The van der Waals surface area contributed by atoms with Crippen LogP contribution in [0.15, 0.2) is 24.3 Å². The summed E-state index contributed by atoms with van der Waals surface area (Å²) in [5.74, 6) is 0.262. The van der Waals surface area contributed by atoms with Crippen molar-refractivity contribution in [1.29, 1.82) is 0 Å². The molecule has 1 aromatic rings. The summed E-state index contributed by atoms with van der Waals surface area (Å²) in [5, 5.41) is 5.05. The van der Waals surface area contributed by atoms with Crippen molar-refractivity contribution in [2.24, 2.45) is 0 Å². The van der Waals surface area contributed by atoms with Crippen LogP contribution in [0.2, 0.25) is 0 Å². The molecule has 0 aliphatic heterocycles. The maximum absolute atomic E-state index is 11.6. The molecule has 0 heterocycles. The predicted molar refractivity (Wildman–Crippen MR) is 75.9 cm³/mol. The smallest absolute Gasteiger partial charge is 0.412 e. The lowest BCUT2D eigenvalue weighted by Gasteiger charge is -2.19. The SMILES string of the molecule is CNC(=O)COc1cccc(NC(=O)OC(C)(C)C)c1. The van der Waals surface area contributed by atoms with E-state index in [0.29, 0.717) is 11.4 Å². The van der Waals surface area contributed by atoms with Crippen LogP contribution in [0.5, 0.6) is 5.75 Å². The Balaban J connectivity index is 2.59. The molecule has 0 atom stereocenters. The standard InChI is InChI=1S/C14H20N2O4/c1-14(2,3)20-13(18)16-10-6-5-7-11(8-10)19-9-12(17)15-4/h5-8H,9H2,1-4H3,(H,15,17)(H,16,18). The minimum atomic E-state index is -0.558. The van der Waals surface area contributed by atoms with Gasteiger partial charge in [-0.2, -0.15) is 0 Å². The van der Waals surface area contributed by atoms with Crippen molar-refractivity contribution in [2.75, 3.05) is 19.0 Å². The number of anilines is 1. The van der Waals surface area contributed by atoms with Crippen LogP contribution in [-0.2, 0) is 9.53 Å². The van der Waals surface area contributed by atoms with Gasteiger partial charge in [-0.05, 0) is 32.9 Å². The third kappa shape index (κ3) is 6.08. The molecule has 0 saturated heterocycles. The number of hydrogen-bond acceptors (Lipinski definition) is 4. The topological polar surface area (TPSA) is 76.7 Å². The van der Waals surface area contributed by atoms with Gasteiger partial charge in [-0.1, -0.05) is 6.07 Å². The van der Waals surface area contributed by atoms with E-state index in [9.17, 15) is 9.59 Å². The highest BCUT2D eigenvalue weighted by Crippen LogP contribution is 2.18. The minimum absolute atomic E-state index is 0.0770. The van der Waals surface area contributed by atoms with Crippen molar-refractivity contribution >= 4 is 17.7 Å². The first kappa shape index (κ1) is 15.8. The van der Waals surface area contributed by atoms with Gasteiger partial charge in [-0.25, -0.2) is 4.79 Å². The number of carbonyl (C=O) groups excluding carboxylic acids is 2. The molecule has 0 aliphatic rings. The second kappa shape index (κ2) is 6.79. The number of rotatable bonds is 4. The monoisotopic (exact) mass is 280 g/mol. The van der Waals surface area contributed by atoms with Gasteiger partial charge < -0.3 is 14.8 Å². The lowest BCUT2D eigenvalue weighted by atomic mass is 10.2. The molecule has 6 nitrogen and oxygen atoms in total. The first-order chi connectivity index (χ1) is 9.30. The number of amides is 2. The summed E-state index contributed by atoms with van der Waals surface area (Å²) in [6.07, 6.45) is -0.541. The Labute approximate surface area is 118 Å². The Morgan fingerprint density at radius 2 is 1.95 bits per heavy atom. The first-order valence-electron chi connectivity index (χ1n) is 6.23. The summed E-state index contributed by atoms with van der Waals surface area (Å²) in [4.78, 5) is 22.7. The van der Waals surface area contributed by atoms with Gasteiger partial charge in [0.1, 0.15) is 11.4 Å². The fourth-order valence-electron chi connectivity index (χ4n) is 1.31. The van der Waals surface area contributed by atoms with Gasteiger partial charge >= 0.3 is 6.09 Å². The summed E-state index contributed by atoms with van der Waals surface area (Å²) in [7, 11) is 1.53. The average Bonchev–Trinajstić information content (AvgIpc) is 2.34. The number of likely N-dealkylation sites (N-methyl/N-ethyl adjacent to an activating group) is 1. The Hall–Kier alpha value is -2.24. The van der Waals surface area contributed by atoms with Crippen molar-refractivity contribution < 1.29 is 19.1 Å². The van der Waals surface area contributed by atoms with Crippen molar-refractivity contribution in [1.82, 2.24) is 5.32 Å². The Morgan fingerprint density at radius 1 is 1.25 bits per heavy atom. The van der Waals surface area contributed by atoms with Crippen LogP contribution in [-0.4, -0.2) is 31.3 Å². The molecular formula is C14H20N2O4. The molecule has 2 N–H and O–H groups in total. The van der Waals surface area contributed by atoms with Crippen LogP contribution in [0.4, 0.5) is 10.5 Å². The van der Waals surface area contributed by atoms with E-state index in [1.54, 1.807) is 45.0 Å². The fourth-order valence-corrected chi connectivity index (χ4v) is 1.31. The van der Waals surface area contributed by atoms with Crippen molar-refractivity contribution in [2.45, 2.75) is 26.4 Å². The molecule has 0 bridgehead atoms. The highest BCUT2D eigenvalue weighted by atomic mass is 16.6. The van der Waals surface area contributed by atoms with Crippen LogP contribution in [0, 0.1) is 0 Å². The third-order valence-electron chi connectivity index (χ3n) is 2.13. The summed E-state index contributed by atoms with van der Waals surface area (Å²) < 4.78 is 10.4. The zero-order valence-electron chi connectivity index (χ0n) is 12.1. The van der Waals surface area contributed by atoms with Crippen LogP contribution in [0.25, 0.3) is 0 Å². The molecule has 0 spiro atoms. The van der Waals surface area contributed by atoms with E-state index in [1.165, 1.54) is 7.05 Å². The van der Waals surface area contributed by atoms with E-state index in [0.717, 1.165) is 0 Å². The van der Waals surface area contributed by atoms with Crippen molar-refractivity contribution in [3.63, 3.8) is 0 Å². The van der Waals surface area contributed by atoms with Crippen molar-refractivity contribution in [3.05, 3.63) is 24.3 Å². The second-order valence-corrected chi connectivity index (χ2v) is 5.12. The summed E-state index contributed by atoms with van der Waals surface area (Å²) in [6, 6.07) is 6.73. The molecule has 6 heteroatoms. The van der Waals surface area contributed by atoms with Crippen LogP contribution < -0.4 is 15.4 Å². The molecule has 0 aromatic heterocycles. The normalized spacial score (nSPS) is 10.6. The molecular weight excluding hydrogens is 260 g/mol. The maximum atomic E-state index is 11.6. The lowest BCUT2D eigenvalue weighted by molar-refractivity contribution is -0.122. The highest BCUT2D eigenvalue weighted by molar-refractivity contribution is 5.85. The van der Waals surface area contributed by atoms with Gasteiger partial charge in [0.15, 0.2) is 6.61 Å². The molecule has 0 unspecified atom stereocenters. The minimum Gasteiger partial charge on any atom is -0.484 e. The largest absolute Gasteiger partial charge is 0.484 e. The molecule has 20 heavy (non-hydrogen) atoms. The zero-order chi connectivity index (χ0) is 15.2. The number of nitrogens with one attached hydrogen (secondary N) is 2. The molecule has 0 saturated carbocycles. The van der Waals surface area contributed by atoms with E-state index >= 15 is 0 Å². The van der Waals surface area contributed by atoms with Gasteiger partial charge in [0.05, 0.1) is 0 Å². The highest BCUT2D eigenvalue weighted by Gasteiger charge is 2.16. The summed E-state index contributed by atoms with van der Waals surface area (Å²) >= 11 is 0. The van der Waals surface area contributed by atoms with Gasteiger partial charge in [-0.15, -0.1) is 0 Å². The molecule has 1 rings (SSSR count). The van der Waals surface area contributed by atoms with E-state index < -0.39 is 11.7 Å². The number of ether oxygens (including phenoxy) is 2. The van der Waals surface area contributed by atoms with E-state index in [4.69, 9.17) is 9.47 Å².